The van der Waals surface area contributed by atoms with E-state index in [0.717, 1.165) is 53.9 Å². The van der Waals surface area contributed by atoms with E-state index in [1.165, 1.54) is 4.31 Å². The summed E-state index contributed by atoms with van der Waals surface area (Å²) >= 11 is 0. The summed E-state index contributed by atoms with van der Waals surface area (Å²) in [6.45, 7) is 12.6. The highest BCUT2D eigenvalue weighted by Gasteiger charge is 2.36. The summed E-state index contributed by atoms with van der Waals surface area (Å²) in [6.07, 6.45) is 7.32. The zero-order valence-electron chi connectivity index (χ0n) is 38.1. The van der Waals surface area contributed by atoms with E-state index in [4.69, 9.17) is 25.2 Å². The lowest BCUT2D eigenvalue weighted by Crippen LogP contribution is -2.51. The molecule has 344 valence electrons. The number of aliphatic hydroxyl groups is 1. The highest BCUT2D eigenvalue weighted by atomic mass is 32.2. The Kier molecular flexibility index (Phi) is 18.2. The number of aryl methyl sites for hydroxylation is 1. The zero-order valence-corrected chi connectivity index (χ0v) is 38.9. The third-order valence-electron chi connectivity index (χ3n) is 10.7. The van der Waals surface area contributed by atoms with Gasteiger partial charge < -0.3 is 30.5 Å². The number of nitrogens with two attached hydrogens (primary N) is 1. The van der Waals surface area contributed by atoms with Crippen molar-refractivity contribution in [2.75, 3.05) is 57.9 Å². The average Bonchev–Trinajstić information content (AvgIpc) is 3.41. The molecule has 4 N–H and O–H groups in total. The normalized spacial score (nSPS) is 14.7. The lowest BCUT2D eigenvalue weighted by atomic mass is 9.93. The van der Waals surface area contributed by atoms with Gasteiger partial charge in [-0.1, -0.05) is 38.1 Å². The van der Waals surface area contributed by atoms with E-state index in [9.17, 15) is 28.4 Å². The first-order chi connectivity index (χ1) is 30.6. The Hall–Kier alpha value is -5.40. The second-order valence-corrected chi connectivity index (χ2v) is 19.3. The van der Waals surface area contributed by atoms with Crippen LogP contribution in [0.2, 0.25) is 0 Å². The van der Waals surface area contributed by atoms with Crippen molar-refractivity contribution < 1.29 is 32.6 Å². The highest BCUT2D eigenvalue weighted by molar-refractivity contribution is 7.89. The number of carbonyl (C=O) groups excluding carboxylic acids is 2. The van der Waals surface area contributed by atoms with E-state index in [-0.39, 0.29) is 61.8 Å². The number of amidine groups is 2. The molecular weight excluding hydrogens is 831 g/mol. The molecule has 3 aromatic rings. The Bertz CT molecular complexity index is 2330. The molecule has 2 aliphatic rings. The van der Waals surface area contributed by atoms with Crippen molar-refractivity contribution in [3.8, 4) is 17.2 Å². The van der Waals surface area contributed by atoms with Gasteiger partial charge in [-0.15, -0.1) is 0 Å². The summed E-state index contributed by atoms with van der Waals surface area (Å²) in [5, 5.41) is 22.4. The van der Waals surface area contributed by atoms with E-state index in [0.29, 0.717) is 73.7 Å². The number of nitrogens with one attached hydrogen (secondary N) is 1. The maximum absolute atomic E-state index is 14.0. The van der Waals surface area contributed by atoms with Gasteiger partial charge in [0, 0.05) is 81.5 Å². The summed E-state index contributed by atoms with van der Waals surface area (Å²) < 4.78 is 39.6. The van der Waals surface area contributed by atoms with Gasteiger partial charge in [0.2, 0.25) is 15.9 Å². The Balaban J connectivity index is 1.38. The molecule has 0 aliphatic carbocycles. The molecular formula is C49H65N7O7S. The number of nitrogens with zero attached hydrogens (tertiary/aromatic N) is 5. The number of ether oxygens (including phenoxy) is 2. The van der Waals surface area contributed by atoms with E-state index < -0.39 is 15.6 Å². The zero-order chi connectivity index (χ0) is 46.3. The molecule has 0 atom stereocenters. The molecule has 14 nitrogen and oxygen atoms in total. The topological polar surface area (TPSA) is 200 Å². The van der Waals surface area contributed by atoms with Crippen LogP contribution in [0.1, 0.15) is 103 Å². The number of hydrogen-bond acceptors (Lipinski definition) is 11. The van der Waals surface area contributed by atoms with Crippen LogP contribution < -0.4 is 11.1 Å². The molecule has 0 spiro atoms. The lowest BCUT2D eigenvalue weighted by Gasteiger charge is -2.36. The highest BCUT2D eigenvalue weighted by Crippen LogP contribution is 2.37. The summed E-state index contributed by atoms with van der Waals surface area (Å²) in [7, 11) is -3.76. The molecule has 0 unspecified atom stereocenters. The number of esters is 1. The van der Waals surface area contributed by atoms with Gasteiger partial charge in [-0.05, 0) is 118 Å². The van der Waals surface area contributed by atoms with Crippen LogP contribution in [0.4, 0.5) is 11.4 Å². The maximum Gasteiger partial charge on any atom is 0.308 e. The molecule has 64 heavy (non-hydrogen) atoms. The van der Waals surface area contributed by atoms with Crippen LogP contribution in [0.25, 0.3) is 17.2 Å². The smallest absolute Gasteiger partial charge is 0.308 e. The Morgan fingerprint density at radius 1 is 1.00 bits per heavy atom. The third-order valence-corrected chi connectivity index (χ3v) is 12.6. The van der Waals surface area contributed by atoms with Crippen molar-refractivity contribution in [3.63, 3.8) is 0 Å². The standard InChI is InChI=1S/C49H65N7O7S/c1-6-21-55(22-7-2)48(59)40-28-43-38(26-39(29-44(43)54-45(51)30-40)37-15-11-17-42(27-37)64(60,61)56-32-36(33-56)34-57)14-8-9-20-52-46(53-41-16-10-13-35(25-41)31-50)18-12-23-62-24-19-47(58)63-49(3,4)5/h10-11,13,15-17,25-29,36,57H,6-9,12,14,18-24,30,32-34H2,1-5H3,(H2,51,54)(H,52,53). The molecule has 1 saturated heterocycles. The summed E-state index contributed by atoms with van der Waals surface area (Å²) in [5.74, 6) is 0.656. The summed E-state index contributed by atoms with van der Waals surface area (Å²) in [4.78, 5) is 37.9. The van der Waals surface area contributed by atoms with Crippen LogP contribution in [0.5, 0.6) is 0 Å². The van der Waals surface area contributed by atoms with Crippen molar-refractivity contribution in [1.29, 1.82) is 5.26 Å². The molecule has 0 aromatic heterocycles. The molecule has 0 bridgehead atoms. The van der Waals surface area contributed by atoms with Crippen molar-refractivity contribution in [1.82, 2.24) is 9.21 Å². The van der Waals surface area contributed by atoms with E-state index in [1.807, 2.05) is 56.0 Å². The molecule has 15 heteroatoms. The van der Waals surface area contributed by atoms with Crippen LogP contribution in [0.3, 0.4) is 0 Å². The van der Waals surface area contributed by atoms with Crippen LogP contribution in [0.15, 0.2) is 81.1 Å². The molecule has 0 saturated carbocycles. The van der Waals surface area contributed by atoms with E-state index in [2.05, 4.69) is 31.3 Å². The minimum absolute atomic E-state index is 0.0534. The SMILES string of the molecule is CCCN(CCC)C(=O)C1=Cc2c(CCCCN=C(CCCOCCC(=O)OC(C)(C)C)Nc3cccc(C#N)c3)cc(-c3cccc(S(=O)(=O)N4CC(CO)C4)c3)cc2N=C(N)C1. The Labute approximate surface area is 379 Å². The first kappa shape index (κ1) is 49.6. The molecule has 3 aromatic carbocycles. The molecule has 2 aliphatic heterocycles. The Morgan fingerprint density at radius 2 is 1.75 bits per heavy atom. The number of anilines is 1. The van der Waals surface area contributed by atoms with Gasteiger partial charge in [0.05, 0.1) is 35.2 Å². The van der Waals surface area contributed by atoms with E-state index >= 15 is 0 Å². The minimum Gasteiger partial charge on any atom is -0.460 e. The predicted molar refractivity (Wildman–Crippen MR) is 253 cm³/mol. The maximum atomic E-state index is 14.0. The second-order valence-electron chi connectivity index (χ2n) is 17.4. The second kappa shape index (κ2) is 23.5. The summed E-state index contributed by atoms with van der Waals surface area (Å²) in [6, 6.07) is 20.3. The van der Waals surface area contributed by atoms with Crippen molar-refractivity contribution in [2.24, 2.45) is 21.6 Å². The third kappa shape index (κ3) is 14.3. The summed E-state index contributed by atoms with van der Waals surface area (Å²) in [5.41, 5.74) is 11.7. The average molecular weight is 896 g/mol. The number of fused-ring (bicyclic) bond motifs is 1. The van der Waals surface area contributed by atoms with Gasteiger partial charge in [-0.3, -0.25) is 14.6 Å². The van der Waals surface area contributed by atoms with Crippen molar-refractivity contribution in [2.45, 2.75) is 103 Å². The van der Waals surface area contributed by atoms with Gasteiger partial charge in [0.25, 0.3) is 0 Å². The lowest BCUT2D eigenvalue weighted by molar-refractivity contribution is -0.156. The van der Waals surface area contributed by atoms with Crippen LogP contribution in [-0.2, 0) is 35.5 Å². The number of rotatable bonds is 22. The number of nitriles is 1. The quantitative estimate of drug-likeness (QED) is 0.0390. The van der Waals surface area contributed by atoms with Gasteiger partial charge in [-0.25, -0.2) is 13.4 Å². The van der Waals surface area contributed by atoms with Gasteiger partial charge in [-0.2, -0.15) is 9.57 Å². The fourth-order valence-corrected chi connectivity index (χ4v) is 9.24. The number of carbonyl (C=O) groups is 2. The number of amides is 1. The van der Waals surface area contributed by atoms with Gasteiger partial charge in [0.15, 0.2) is 0 Å². The molecule has 1 fully saturated rings. The fraction of sp³-hybridized carbons (Fsp3) is 0.490. The number of benzene rings is 3. The largest absolute Gasteiger partial charge is 0.460 e. The Morgan fingerprint density at radius 3 is 2.45 bits per heavy atom. The fourth-order valence-electron chi connectivity index (χ4n) is 7.61. The van der Waals surface area contributed by atoms with Crippen LogP contribution in [0, 0.1) is 17.2 Å². The van der Waals surface area contributed by atoms with E-state index in [1.54, 1.807) is 30.3 Å². The monoisotopic (exact) mass is 895 g/mol. The number of hydrogen-bond donors (Lipinski definition) is 3. The van der Waals surface area contributed by atoms with Crippen molar-refractivity contribution >= 4 is 51.0 Å². The molecule has 1 amide bonds. The molecule has 5 rings (SSSR count). The van der Waals surface area contributed by atoms with Crippen molar-refractivity contribution in [3.05, 3.63) is 82.9 Å². The molecule has 0 radical (unpaired) electrons. The number of sulfonamides is 1. The van der Waals surface area contributed by atoms with Gasteiger partial charge in [0.1, 0.15) is 17.3 Å². The number of aliphatic hydroxyl groups excluding tert-OH is 1. The first-order valence-corrected chi connectivity index (χ1v) is 23.9. The first-order valence-electron chi connectivity index (χ1n) is 22.4. The number of aliphatic imine (C=N–C) groups is 2. The molecule has 2 heterocycles. The minimum atomic E-state index is -3.76. The van der Waals surface area contributed by atoms with Crippen LogP contribution >= 0.6 is 0 Å². The van der Waals surface area contributed by atoms with Crippen LogP contribution in [-0.4, -0.2) is 104 Å². The number of unbranched alkanes of at least 4 members (excludes halogenated alkanes) is 1. The van der Waals surface area contributed by atoms with Gasteiger partial charge >= 0.3 is 5.97 Å². The predicted octanol–water partition coefficient (Wildman–Crippen LogP) is 7.62.